The molecule has 0 N–H and O–H groups in total. The second-order valence-electron chi connectivity index (χ2n) is 5.59. The van der Waals surface area contributed by atoms with Crippen molar-refractivity contribution in [1.82, 2.24) is 0 Å². The van der Waals surface area contributed by atoms with E-state index in [0.29, 0.717) is 0 Å². The van der Waals surface area contributed by atoms with Gasteiger partial charge in [0, 0.05) is 0 Å². The van der Waals surface area contributed by atoms with E-state index >= 15 is 0 Å². The quantitative estimate of drug-likeness (QED) is 0.277. The Morgan fingerprint density at radius 3 is 2.10 bits per heavy atom. The Morgan fingerprint density at radius 1 is 0.550 bits per heavy atom. The van der Waals surface area contributed by atoms with E-state index in [1.807, 2.05) is 0 Å². The zero-order chi connectivity index (χ0) is 13.7. The molecule has 0 bridgehead atoms. The number of aryl methyl sites for hydroxylation is 2. The van der Waals surface area contributed by atoms with E-state index in [1.54, 1.807) is 0 Å². The van der Waals surface area contributed by atoms with Gasteiger partial charge in [0.2, 0.25) is 0 Å². The zero-order valence-electron chi connectivity index (χ0n) is 11.8. The largest absolute Gasteiger partial charge is 0.0616 e. The number of hydrogen-bond donors (Lipinski definition) is 0. The van der Waals surface area contributed by atoms with Gasteiger partial charge in [-0.2, -0.15) is 0 Å². The minimum Gasteiger partial charge on any atom is -0.0616 e. The lowest BCUT2D eigenvalue weighted by Crippen LogP contribution is -1.85. The molecule has 0 aliphatic carbocycles. The maximum absolute atomic E-state index is 2.33. The van der Waals surface area contributed by atoms with E-state index in [2.05, 4.69) is 74.5 Å². The molecular weight excluding hydrogens is 240 g/mol. The van der Waals surface area contributed by atoms with E-state index in [9.17, 15) is 0 Å². The molecule has 0 aromatic heterocycles. The van der Waals surface area contributed by atoms with Crippen molar-refractivity contribution in [3.05, 3.63) is 71.8 Å². The summed E-state index contributed by atoms with van der Waals surface area (Å²) in [5.74, 6) is 0. The third kappa shape index (κ3) is 1.55. The highest BCUT2D eigenvalue weighted by molar-refractivity contribution is 6.12. The second kappa shape index (κ2) is 4.08. The molecule has 0 spiro atoms. The molecule has 0 saturated carbocycles. The van der Waals surface area contributed by atoms with Gasteiger partial charge in [0.15, 0.2) is 0 Å². The maximum atomic E-state index is 2.33. The van der Waals surface area contributed by atoms with Crippen LogP contribution in [0, 0.1) is 13.8 Å². The first-order valence-electron chi connectivity index (χ1n) is 7.05. The van der Waals surface area contributed by atoms with Crippen LogP contribution in [0.2, 0.25) is 0 Å². The van der Waals surface area contributed by atoms with Crippen LogP contribution >= 0.6 is 0 Å². The van der Waals surface area contributed by atoms with Crippen LogP contribution in [0.1, 0.15) is 11.1 Å². The predicted octanol–water partition coefficient (Wildman–Crippen LogP) is 5.76. The minimum atomic E-state index is 1.31. The highest BCUT2D eigenvalue weighted by Gasteiger charge is 2.05. The van der Waals surface area contributed by atoms with E-state index in [0.717, 1.165) is 0 Å². The van der Waals surface area contributed by atoms with Crippen molar-refractivity contribution in [3.8, 4) is 0 Å². The summed E-state index contributed by atoms with van der Waals surface area (Å²) in [6, 6.07) is 22.2. The monoisotopic (exact) mass is 256 g/mol. The van der Waals surface area contributed by atoms with Crippen molar-refractivity contribution in [3.63, 3.8) is 0 Å². The van der Waals surface area contributed by atoms with Gasteiger partial charge in [-0.25, -0.2) is 0 Å². The number of benzene rings is 4. The van der Waals surface area contributed by atoms with Crippen molar-refractivity contribution < 1.29 is 0 Å². The van der Waals surface area contributed by atoms with Gasteiger partial charge in [0.1, 0.15) is 0 Å². The molecule has 4 rings (SSSR count). The third-order valence-corrected chi connectivity index (χ3v) is 4.42. The molecule has 0 radical (unpaired) electrons. The molecule has 0 saturated heterocycles. The maximum Gasteiger partial charge on any atom is -0.00990 e. The van der Waals surface area contributed by atoms with Gasteiger partial charge in [0.05, 0.1) is 0 Å². The molecular formula is C20H16. The summed E-state index contributed by atoms with van der Waals surface area (Å²) in [5.41, 5.74) is 2.75. The molecule has 0 heteroatoms. The van der Waals surface area contributed by atoms with Gasteiger partial charge in [0.25, 0.3) is 0 Å². The van der Waals surface area contributed by atoms with Gasteiger partial charge in [-0.3, -0.25) is 0 Å². The molecule has 0 atom stereocenters. The summed E-state index contributed by atoms with van der Waals surface area (Å²) in [4.78, 5) is 0. The normalized spacial score (nSPS) is 11.5. The Hall–Kier alpha value is -2.34. The number of rotatable bonds is 0. The SMILES string of the molecule is Cc1ccc2cc3c(ccc4ccccc43)cc2c1C. The smallest absolute Gasteiger partial charge is 0.00990 e. The number of fused-ring (bicyclic) bond motifs is 4. The molecule has 0 heterocycles. The Balaban J connectivity index is 2.23. The Morgan fingerprint density at radius 2 is 1.20 bits per heavy atom. The summed E-state index contributed by atoms with van der Waals surface area (Å²) < 4.78 is 0. The first-order chi connectivity index (χ1) is 9.74. The fourth-order valence-electron chi connectivity index (χ4n) is 3.09. The van der Waals surface area contributed by atoms with Crippen LogP contribution in [-0.2, 0) is 0 Å². The average Bonchev–Trinajstić information content (AvgIpc) is 2.50. The summed E-state index contributed by atoms with van der Waals surface area (Å²) in [6.45, 7) is 4.39. The van der Waals surface area contributed by atoms with Crippen LogP contribution in [0.5, 0.6) is 0 Å². The highest BCUT2D eigenvalue weighted by atomic mass is 14.1. The molecule has 0 amide bonds. The topological polar surface area (TPSA) is 0 Å². The minimum absolute atomic E-state index is 1.31. The zero-order valence-corrected chi connectivity index (χ0v) is 11.8. The Bertz CT molecular complexity index is 962. The molecule has 0 aliphatic heterocycles. The van der Waals surface area contributed by atoms with E-state index in [-0.39, 0.29) is 0 Å². The van der Waals surface area contributed by atoms with Crippen LogP contribution in [0.3, 0.4) is 0 Å². The molecule has 0 unspecified atom stereocenters. The van der Waals surface area contributed by atoms with Gasteiger partial charge in [-0.1, -0.05) is 48.5 Å². The van der Waals surface area contributed by atoms with Gasteiger partial charge < -0.3 is 0 Å². The summed E-state index contributed by atoms with van der Waals surface area (Å²) in [7, 11) is 0. The standard InChI is InChI=1S/C20H16/c1-13-7-8-16-12-20-17(11-19(16)14(13)2)10-9-15-5-3-4-6-18(15)20/h3-12H,1-2H3. The fraction of sp³-hybridized carbons (Fsp3) is 0.100. The first-order valence-corrected chi connectivity index (χ1v) is 7.05. The van der Waals surface area contributed by atoms with Crippen LogP contribution in [-0.4, -0.2) is 0 Å². The lowest BCUT2D eigenvalue weighted by molar-refractivity contribution is 1.38. The second-order valence-corrected chi connectivity index (χ2v) is 5.59. The van der Waals surface area contributed by atoms with E-state index in [4.69, 9.17) is 0 Å². The summed E-state index contributed by atoms with van der Waals surface area (Å²) in [6.07, 6.45) is 0. The van der Waals surface area contributed by atoms with Crippen LogP contribution < -0.4 is 0 Å². The van der Waals surface area contributed by atoms with Crippen LogP contribution in [0.15, 0.2) is 60.7 Å². The number of hydrogen-bond acceptors (Lipinski definition) is 0. The highest BCUT2D eigenvalue weighted by Crippen LogP contribution is 2.31. The van der Waals surface area contributed by atoms with Gasteiger partial charge in [-0.05, 0) is 69.4 Å². The lowest BCUT2D eigenvalue weighted by Gasteiger charge is -2.09. The average molecular weight is 256 g/mol. The Kier molecular flexibility index (Phi) is 2.34. The van der Waals surface area contributed by atoms with Crippen molar-refractivity contribution in [2.24, 2.45) is 0 Å². The third-order valence-electron chi connectivity index (χ3n) is 4.42. The van der Waals surface area contributed by atoms with Gasteiger partial charge in [-0.15, -0.1) is 0 Å². The molecule has 4 aromatic carbocycles. The molecule has 96 valence electrons. The van der Waals surface area contributed by atoms with Crippen molar-refractivity contribution in [2.75, 3.05) is 0 Å². The van der Waals surface area contributed by atoms with Crippen LogP contribution in [0.25, 0.3) is 32.3 Å². The molecule has 0 fully saturated rings. The lowest BCUT2D eigenvalue weighted by atomic mass is 9.95. The predicted molar refractivity (Wildman–Crippen MR) is 88.4 cm³/mol. The van der Waals surface area contributed by atoms with Gasteiger partial charge >= 0.3 is 0 Å². The first kappa shape index (κ1) is 11.5. The van der Waals surface area contributed by atoms with Crippen molar-refractivity contribution in [2.45, 2.75) is 13.8 Å². The molecule has 0 aliphatic rings. The summed E-state index contributed by atoms with van der Waals surface area (Å²) >= 11 is 0. The van der Waals surface area contributed by atoms with Crippen molar-refractivity contribution >= 4 is 32.3 Å². The molecule has 20 heavy (non-hydrogen) atoms. The molecule has 4 aromatic rings. The fourth-order valence-corrected chi connectivity index (χ4v) is 3.09. The van der Waals surface area contributed by atoms with Crippen molar-refractivity contribution in [1.29, 1.82) is 0 Å². The van der Waals surface area contributed by atoms with Crippen LogP contribution in [0.4, 0.5) is 0 Å². The molecule has 0 nitrogen and oxygen atoms in total. The van der Waals surface area contributed by atoms with E-state index < -0.39 is 0 Å². The summed E-state index contributed by atoms with van der Waals surface area (Å²) in [5, 5.41) is 8.02. The Labute approximate surface area is 118 Å². The van der Waals surface area contributed by atoms with E-state index in [1.165, 1.54) is 43.4 Å².